The standard InChI is InChI=1S/C27H23NO4/c29-25(17-31-21-14-13-18-9-6-10-20(18)15-21)32-27(19-7-2-1-3-8-19)26(30)23-16-28-24-12-5-4-11-22(23)24/h1-5,7-8,11-16,27-28H,6,9-10,17H2. The van der Waals surface area contributed by atoms with Crippen LogP contribution in [0.3, 0.4) is 0 Å². The van der Waals surface area contributed by atoms with Gasteiger partial charge in [-0.15, -0.1) is 0 Å². The predicted octanol–water partition coefficient (Wildman–Crippen LogP) is 5.20. The van der Waals surface area contributed by atoms with Crippen LogP contribution in [-0.4, -0.2) is 23.3 Å². The van der Waals surface area contributed by atoms with Crippen molar-refractivity contribution in [2.45, 2.75) is 25.4 Å². The summed E-state index contributed by atoms with van der Waals surface area (Å²) in [5.41, 5.74) is 4.57. The highest BCUT2D eigenvalue weighted by Crippen LogP contribution is 2.28. The van der Waals surface area contributed by atoms with E-state index < -0.39 is 12.1 Å². The van der Waals surface area contributed by atoms with Gasteiger partial charge in [-0.1, -0.05) is 54.6 Å². The smallest absolute Gasteiger partial charge is 0.345 e. The number of Topliss-reactive ketones (excluding diaryl/α,β-unsaturated/α-hetero) is 1. The van der Waals surface area contributed by atoms with Crippen LogP contribution < -0.4 is 4.74 Å². The molecule has 5 heteroatoms. The summed E-state index contributed by atoms with van der Waals surface area (Å²) < 4.78 is 11.3. The van der Waals surface area contributed by atoms with Gasteiger partial charge in [-0.2, -0.15) is 0 Å². The molecule has 1 aromatic heterocycles. The van der Waals surface area contributed by atoms with E-state index in [-0.39, 0.29) is 12.4 Å². The Balaban J connectivity index is 1.34. The molecule has 3 aromatic carbocycles. The number of aromatic amines is 1. The number of nitrogens with one attached hydrogen (secondary N) is 1. The molecule has 0 spiro atoms. The van der Waals surface area contributed by atoms with Gasteiger partial charge in [0.05, 0.1) is 0 Å². The second kappa shape index (κ2) is 8.71. The lowest BCUT2D eigenvalue weighted by Crippen LogP contribution is -2.23. The highest BCUT2D eigenvalue weighted by atomic mass is 16.6. The molecule has 1 atom stereocenters. The fraction of sp³-hybridized carbons (Fsp3) is 0.185. The van der Waals surface area contributed by atoms with Crippen LogP contribution in [0.5, 0.6) is 5.75 Å². The molecule has 32 heavy (non-hydrogen) atoms. The van der Waals surface area contributed by atoms with Gasteiger partial charge in [0, 0.05) is 28.2 Å². The third-order valence-corrected chi connectivity index (χ3v) is 5.87. The average molecular weight is 425 g/mol. The SMILES string of the molecule is O=C(COc1ccc2c(c1)CCC2)OC(C(=O)c1c[nH]c2ccccc12)c1ccccc1. The molecule has 1 unspecified atom stereocenters. The van der Waals surface area contributed by atoms with Crippen molar-refractivity contribution in [3.63, 3.8) is 0 Å². The van der Waals surface area contributed by atoms with Crippen molar-refractivity contribution in [3.05, 3.63) is 101 Å². The number of carbonyl (C=O) groups excluding carboxylic acids is 2. The molecule has 1 aliphatic carbocycles. The fourth-order valence-corrected chi connectivity index (χ4v) is 4.26. The van der Waals surface area contributed by atoms with E-state index in [0.717, 1.165) is 30.2 Å². The van der Waals surface area contributed by atoms with Crippen LogP contribution in [0.15, 0.2) is 79.0 Å². The number of hydrogen-bond donors (Lipinski definition) is 1. The number of rotatable bonds is 7. The molecular weight excluding hydrogens is 402 g/mol. The minimum Gasteiger partial charge on any atom is -0.482 e. The number of ether oxygens (including phenoxy) is 2. The van der Waals surface area contributed by atoms with E-state index in [0.29, 0.717) is 16.9 Å². The van der Waals surface area contributed by atoms with E-state index in [2.05, 4.69) is 11.1 Å². The predicted molar refractivity (Wildman–Crippen MR) is 122 cm³/mol. The summed E-state index contributed by atoms with van der Waals surface area (Å²) in [5.74, 6) is -0.228. The van der Waals surface area contributed by atoms with Gasteiger partial charge in [0.25, 0.3) is 0 Å². The van der Waals surface area contributed by atoms with Crippen LogP contribution in [0.25, 0.3) is 10.9 Å². The minimum absolute atomic E-state index is 0.261. The first-order chi connectivity index (χ1) is 15.7. The normalized spacial score (nSPS) is 13.5. The first-order valence-electron chi connectivity index (χ1n) is 10.8. The summed E-state index contributed by atoms with van der Waals surface area (Å²) in [6.45, 7) is -0.261. The van der Waals surface area contributed by atoms with Gasteiger partial charge in [0.1, 0.15) is 5.75 Å². The van der Waals surface area contributed by atoms with Gasteiger partial charge >= 0.3 is 5.97 Å². The first-order valence-corrected chi connectivity index (χ1v) is 10.8. The molecule has 0 radical (unpaired) electrons. The monoisotopic (exact) mass is 425 g/mol. The van der Waals surface area contributed by atoms with Crippen LogP contribution in [0.1, 0.15) is 39.6 Å². The Labute approximate surface area is 186 Å². The van der Waals surface area contributed by atoms with Gasteiger partial charge in [0.15, 0.2) is 12.7 Å². The van der Waals surface area contributed by atoms with Crippen LogP contribution in [-0.2, 0) is 22.4 Å². The number of hydrogen-bond acceptors (Lipinski definition) is 4. The van der Waals surface area contributed by atoms with Crippen LogP contribution in [0, 0.1) is 0 Å². The van der Waals surface area contributed by atoms with Gasteiger partial charge in [0.2, 0.25) is 5.78 Å². The molecule has 4 aromatic rings. The summed E-state index contributed by atoms with van der Waals surface area (Å²) >= 11 is 0. The Morgan fingerprint density at radius 1 is 0.906 bits per heavy atom. The van der Waals surface area contributed by atoms with E-state index in [1.54, 1.807) is 18.3 Å². The minimum atomic E-state index is -1.05. The Bertz CT molecular complexity index is 1280. The molecule has 160 valence electrons. The number of aromatic nitrogens is 1. The molecular formula is C27H23NO4. The molecule has 1 aliphatic rings. The molecule has 0 bridgehead atoms. The van der Waals surface area contributed by atoms with Crippen molar-refractivity contribution < 1.29 is 19.1 Å². The van der Waals surface area contributed by atoms with Crippen molar-refractivity contribution in [2.24, 2.45) is 0 Å². The number of para-hydroxylation sites is 1. The number of fused-ring (bicyclic) bond motifs is 2. The summed E-state index contributed by atoms with van der Waals surface area (Å²) in [6, 6.07) is 22.5. The first kappa shape index (κ1) is 20.1. The Hall–Kier alpha value is -3.86. The zero-order chi connectivity index (χ0) is 21.9. The molecule has 1 N–H and O–H groups in total. The molecule has 1 heterocycles. The third kappa shape index (κ3) is 4.02. The molecule has 0 saturated heterocycles. The topological polar surface area (TPSA) is 68.4 Å². The van der Waals surface area contributed by atoms with E-state index in [4.69, 9.17) is 9.47 Å². The molecule has 5 nitrogen and oxygen atoms in total. The largest absolute Gasteiger partial charge is 0.482 e. The van der Waals surface area contributed by atoms with Crippen molar-refractivity contribution in [2.75, 3.05) is 6.61 Å². The zero-order valence-electron chi connectivity index (χ0n) is 17.5. The molecule has 0 saturated carbocycles. The van der Waals surface area contributed by atoms with E-state index in [9.17, 15) is 9.59 Å². The van der Waals surface area contributed by atoms with Gasteiger partial charge in [-0.25, -0.2) is 4.79 Å². The van der Waals surface area contributed by atoms with E-state index >= 15 is 0 Å². The van der Waals surface area contributed by atoms with Crippen molar-refractivity contribution in [1.82, 2.24) is 4.98 Å². The molecule has 5 rings (SSSR count). The maximum Gasteiger partial charge on any atom is 0.345 e. The number of ketones is 1. The molecule has 0 aliphatic heterocycles. The summed E-state index contributed by atoms with van der Waals surface area (Å²) in [6.07, 6.45) is 3.89. The lowest BCUT2D eigenvalue weighted by atomic mass is 9.99. The summed E-state index contributed by atoms with van der Waals surface area (Å²) in [7, 11) is 0. The van der Waals surface area contributed by atoms with Crippen molar-refractivity contribution in [1.29, 1.82) is 0 Å². The zero-order valence-corrected chi connectivity index (χ0v) is 17.5. The maximum atomic E-state index is 13.4. The van der Waals surface area contributed by atoms with E-state index in [1.165, 1.54) is 11.1 Å². The van der Waals surface area contributed by atoms with Gasteiger partial charge in [-0.3, -0.25) is 4.79 Å². The summed E-state index contributed by atoms with van der Waals surface area (Å²) in [4.78, 5) is 29.2. The highest BCUT2D eigenvalue weighted by Gasteiger charge is 2.28. The Morgan fingerprint density at radius 2 is 1.69 bits per heavy atom. The third-order valence-electron chi connectivity index (χ3n) is 5.87. The van der Waals surface area contributed by atoms with Crippen LogP contribution in [0.4, 0.5) is 0 Å². The fourth-order valence-electron chi connectivity index (χ4n) is 4.26. The number of carbonyl (C=O) groups is 2. The number of benzene rings is 3. The van der Waals surface area contributed by atoms with Crippen LogP contribution >= 0.6 is 0 Å². The number of H-pyrrole nitrogens is 1. The lowest BCUT2D eigenvalue weighted by Gasteiger charge is -2.17. The van der Waals surface area contributed by atoms with E-state index in [1.807, 2.05) is 54.6 Å². The maximum absolute atomic E-state index is 13.4. The molecule has 0 fully saturated rings. The highest BCUT2D eigenvalue weighted by molar-refractivity contribution is 6.10. The van der Waals surface area contributed by atoms with Gasteiger partial charge in [-0.05, 0) is 48.6 Å². The average Bonchev–Trinajstić information content (AvgIpc) is 3.48. The van der Waals surface area contributed by atoms with Crippen molar-refractivity contribution >= 4 is 22.7 Å². The lowest BCUT2D eigenvalue weighted by molar-refractivity contribution is -0.149. The van der Waals surface area contributed by atoms with Gasteiger partial charge < -0.3 is 14.5 Å². The second-order valence-corrected chi connectivity index (χ2v) is 7.97. The Kier molecular flexibility index (Phi) is 5.46. The molecule has 0 amide bonds. The quantitative estimate of drug-likeness (QED) is 0.326. The number of aryl methyl sites for hydroxylation is 2. The summed E-state index contributed by atoms with van der Waals surface area (Å²) in [5, 5.41) is 0.795. The van der Waals surface area contributed by atoms with Crippen LogP contribution in [0.2, 0.25) is 0 Å². The Morgan fingerprint density at radius 3 is 2.56 bits per heavy atom. The number of esters is 1. The second-order valence-electron chi connectivity index (χ2n) is 7.97. The van der Waals surface area contributed by atoms with Crippen molar-refractivity contribution in [3.8, 4) is 5.75 Å².